The number of halogens is 6. The molecule has 2 atom stereocenters. The predicted molar refractivity (Wildman–Crippen MR) is 193 cm³/mol. The number of hydrogen-bond donors (Lipinski definition) is 3. The number of nitrogens with zero attached hydrogens (tertiary/aromatic N) is 2. The fourth-order valence-corrected chi connectivity index (χ4v) is 8.17. The topological polar surface area (TPSA) is 121 Å². The molecule has 1 aliphatic heterocycles. The fourth-order valence-electron chi connectivity index (χ4n) is 8.17. The Balaban J connectivity index is 1.39. The van der Waals surface area contributed by atoms with Crippen LogP contribution in [-0.2, 0) is 22.3 Å². The van der Waals surface area contributed by atoms with Crippen molar-refractivity contribution in [1.82, 2.24) is 20.1 Å². The first kappa shape index (κ1) is 41.5. The molecular weight excluding hydrogens is 730 g/mol. The van der Waals surface area contributed by atoms with E-state index in [9.17, 15) is 41.8 Å². The number of benzene rings is 2. The lowest BCUT2D eigenvalue weighted by Gasteiger charge is -2.48. The molecule has 1 saturated carbocycles. The molecule has 2 amide bonds. The van der Waals surface area contributed by atoms with Gasteiger partial charge in [-0.15, -0.1) is 0 Å². The monoisotopic (exact) mass is 776 g/mol. The number of hydrogen-bond acceptors (Lipinski definition) is 5. The van der Waals surface area contributed by atoms with Crippen molar-refractivity contribution in [3.63, 3.8) is 0 Å². The molecule has 1 aromatic heterocycles. The maximum absolute atomic E-state index is 15.4. The van der Waals surface area contributed by atoms with Gasteiger partial charge in [0, 0.05) is 25.2 Å². The minimum absolute atomic E-state index is 0.0750. The Morgan fingerprint density at radius 1 is 0.927 bits per heavy atom. The van der Waals surface area contributed by atoms with Crippen LogP contribution in [0.3, 0.4) is 0 Å². The first-order chi connectivity index (χ1) is 25.8. The van der Waals surface area contributed by atoms with Crippen LogP contribution in [0.4, 0.5) is 26.3 Å². The fraction of sp³-hybridized carbons (Fsp3) is 0.500. The minimum atomic E-state index is -4.89. The highest BCUT2D eigenvalue weighted by molar-refractivity contribution is 5.97. The number of aromatic nitrogens is 1. The maximum atomic E-state index is 15.4. The van der Waals surface area contributed by atoms with Gasteiger partial charge in [0.25, 0.3) is 11.5 Å². The summed E-state index contributed by atoms with van der Waals surface area (Å²) >= 11 is 0. The second-order valence-corrected chi connectivity index (χ2v) is 15.4. The Morgan fingerprint density at radius 2 is 1.56 bits per heavy atom. The van der Waals surface area contributed by atoms with Gasteiger partial charge < -0.3 is 25.2 Å². The van der Waals surface area contributed by atoms with Gasteiger partial charge in [-0.05, 0) is 116 Å². The zero-order chi connectivity index (χ0) is 40.4. The molecule has 5 rings (SSSR count). The van der Waals surface area contributed by atoms with Crippen molar-refractivity contribution in [2.45, 2.75) is 97.4 Å². The van der Waals surface area contributed by atoms with Crippen molar-refractivity contribution >= 4 is 17.8 Å². The Hall–Kier alpha value is -4.66. The van der Waals surface area contributed by atoms with Crippen LogP contribution in [0.2, 0.25) is 0 Å². The van der Waals surface area contributed by atoms with Crippen LogP contribution in [0.1, 0.15) is 97.6 Å². The molecule has 2 fully saturated rings. The van der Waals surface area contributed by atoms with Gasteiger partial charge in [-0.25, -0.2) is 13.2 Å². The number of carbonyl (C=O) groups is 3. The number of likely N-dealkylation sites (tertiary alicyclic amines) is 1. The van der Waals surface area contributed by atoms with Gasteiger partial charge in [0.2, 0.25) is 5.91 Å². The number of amides is 2. The van der Waals surface area contributed by atoms with Crippen LogP contribution in [-0.4, -0.2) is 58.0 Å². The highest BCUT2D eigenvalue weighted by Gasteiger charge is 2.44. The van der Waals surface area contributed by atoms with Gasteiger partial charge >= 0.3 is 12.1 Å². The molecule has 1 saturated heterocycles. The average molecular weight is 777 g/mol. The molecular formula is C40H46F6N4O5. The van der Waals surface area contributed by atoms with E-state index in [1.165, 1.54) is 25.0 Å². The third-order valence-electron chi connectivity index (χ3n) is 10.6. The third-order valence-corrected chi connectivity index (χ3v) is 10.6. The lowest BCUT2D eigenvalue weighted by atomic mass is 9.78. The molecule has 15 heteroatoms. The van der Waals surface area contributed by atoms with E-state index in [1.807, 2.05) is 0 Å². The summed E-state index contributed by atoms with van der Waals surface area (Å²) in [6, 6.07) is 2.69. The van der Waals surface area contributed by atoms with Gasteiger partial charge in [0.15, 0.2) is 11.6 Å². The van der Waals surface area contributed by atoms with Crippen LogP contribution < -0.4 is 16.2 Å². The largest absolute Gasteiger partial charge is 0.481 e. The summed E-state index contributed by atoms with van der Waals surface area (Å²) in [7, 11) is 0. The number of rotatable bonds is 14. The Kier molecular flexibility index (Phi) is 12.5. The molecule has 0 bridgehead atoms. The molecule has 3 aromatic rings. The average Bonchev–Trinajstić information content (AvgIpc) is 3.55. The summed E-state index contributed by atoms with van der Waals surface area (Å²) in [5.41, 5.74) is -2.05. The molecule has 2 heterocycles. The van der Waals surface area contributed by atoms with Crippen LogP contribution in [0.25, 0.3) is 11.1 Å². The second kappa shape index (κ2) is 16.6. The zero-order valence-electron chi connectivity index (χ0n) is 31.2. The summed E-state index contributed by atoms with van der Waals surface area (Å²) in [5, 5.41) is 14.5. The number of aryl methyl sites for hydroxylation is 2. The number of aliphatic carboxylic acids is 1. The van der Waals surface area contributed by atoms with Gasteiger partial charge in [-0.2, -0.15) is 13.2 Å². The third kappa shape index (κ3) is 9.60. The van der Waals surface area contributed by atoms with E-state index in [4.69, 9.17) is 0 Å². The maximum Gasteiger partial charge on any atom is 0.431 e. The van der Waals surface area contributed by atoms with Gasteiger partial charge in [-0.3, -0.25) is 19.2 Å². The summed E-state index contributed by atoms with van der Waals surface area (Å²) in [6.07, 6.45) is -1.04. The first-order valence-electron chi connectivity index (χ1n) is 18.4. The molecule has 1 spiro atoms. The SMILES string of the molecule is Cc1cc(F)cc(C)c1-c1cc(F)c(F)c([C@H](CC(=O)O)NC(=O)[C@H](CC(C)C)NC(=O)c2ccc(C(F)(F)F)n(CCCN3CC4(CCCC4)C3)c2=O)c1. The summed E-state index contributed by atoms with van der Waals surface area (Å²) < 4.78 is 87.2. The van der Waals surface area contributed by atoms with E-state index in [0.29, 0.717) is 33.9 Å². The summed E-state index contributed by atoms with van der Waals surface area (Å²) in [6.45, 7) is 8.43. The molecule has 3 N–H and O–H groups in total. The second-order valence-electron chi connectivity index (χ2n) is 15.4. The number of alkyl halides is 3. The van der Waals surface area contributed by atoms with E-state index in [0.717, 1.165) is 44.1 Å². The van der Waals surface area contributed by atoms with Gasteiger partial charge in [-0.1, -0.05) is 26.7 Å². The summed E-state index contributed by atoms with van der Waals surface area (Å²) in [4.78, 5) is 54.9. The van der Waals surface area contributed by atoms with Crippen LogP contribution in [0, 0.1) is 42.6 Å². The number of carboxylic acid groups (broad SMARTS) is 1. The van der Waals surface area contributed by atoms with E-state index >= 15 is 8.78 Å². The van der Waals surface area contributed by atoms with E-state index in [2.05, 4.69) is 15.5 Å². The van der Waals surface area contributed by atoms with Crippen molar-refractivity contribution in [1.29, 1.82) is 0 Å². The molecule has 1 aliphatic carbocycles. The Bertz CT molecular complexity index is 1980. The van der Waals surface area contributed by atoms with Crippen LogP contribution in [0.5, 0.6) is 0 Å². The van der Waals surface area contributed by atoms with E-state index in [-0.39, 0.29) is 36.3 Å². The lowest BCUT2D eigenvalue weighted by molar-refractivity contribution is -0.144. The number of pyridine rings is 1. The van der Waals surface area contributed by atoms with Crippen molar-refractivity contribution in [3.05, 3.63) is 92.2 Å². The molecule has 0 radical (unpaired) electrons. The number of carboxylic acids is 1. The summed E-state index contributed by atoms with van der Waals surface area (Å²) in [5.74, 6) is -7.25. The van der Waals surface area contributed by atoms with E-state index in [1.54, 1.807) is 27.7 Å². The van der Waals surface area contributed by atoms with Crippen molar-refractivity contribution in [2.75, 3.05) is 19.6 Å². The molecule has 9 nitrogen and oxygen atoms in total. The minimum Gasteiger partial charge on any atom is -0.481 e. The Morgan fingerprint density at radius 3 is 2.15 bits per heavy atom. The van der Waals surface area contributed by atoms with Crippen molar-refractivity contribution in [2.24, 2.45) is 11.3 Å². The molecule has 2 aromatic carbocycles. The first-order valence-corrected chi connectivity index (χ1v) is 18.4. The van der Waals surface area contributed by atoms with E-state index < -0.39 is 82.3 Å². The highest BCUT2D eigenvalue weighted by atomic mass is 19.4. The lowest BCUT2D eigenvalue weighted by Crippen LogP contribution is -2.55. The molecule has 2 aliphatic rings. The predicted octanol–water partition coefficient (Wildman–Crippen LogP) is 7.31. The normalized spacial score (nSPS) is 16.6. The smallest absolute Gasteiger partial charge is 0.431 e. The number of nitrogens with one attached hydrogen (secondary N) is 2. The van der Waals surface area contributed by atoms with Crippen LogP contribution >= 0.6 is 0 Å². The van der Waals surface area contributed by atoms with Gasteiger partial charge in [0.1, 0.15) is 23.1 Å². The van der Waals surface area contributed by atoms with Crippen LogP contribution in [0.15, 0.2) is 41.2 Å². The number of carbonyl (C=O) groups excluding carboxylic acids is 2. The standard InChI is InChI=1S/C40H46F6N4O5/c1-22(2)14-31(37(54)47-30(19-33(51)52)28-17-25(18-29(42)35(28)43)34-23(3)15-26(41)16-24(34)4)48-36(53)27-8-9-32(40(44,45)46)50(38(27)55)13-7-12-49-20-39(21-49)10-5-6-11-39/h8-9,15-18,22,30-31H,5-7,10-14,19-21H2,1-4H3,(H,47,54)(H,48,53)(H,51,52)/t30-,31-/m0/s1. The molecule has 0 unspecified atom stereocenters. The highest BCUT2D eigenvalue weighted by Crippen LogP contribution is 2.45. The molecule has 298 valence electrons. The quantitative estimate of drug-likeness (QED) is 0.148. The molecule has 55 heavy (non-hydrogen) atoms. The Labute approximate surface area is 315 Å². The van der Waals surface area contributed by atoms with Gasteiger partial charge in [0.05, 0.1) is 12.5 Å². The van der Waals surface area contributed by atoms with Crippen molar-refractivity contribution < 1.29 is 45.8 Å². The van der Waals surface area contributed by atoms with Crippen molar-refractivity contribution in [3.8, 4) is 11.1 Å². The zero-order valence-corrected chi connectivity index (χ0v) is 31.2.